The molecule has 0 N–H and O–H groups in total. The minimum atomic E-state index is 0.499. The first-order chi connectivity index (χ1) is 41.5. The molecule has 4 heterocycles. The molecule has 0 aliphatic heterocycles. The van der Waals surface area contributed by atoms with Crippen LogP contribution >= 0.6 is 0 Å². The zero-order valence-electron chi connectivity index (χ0n) is 45.0. The lowest BCUT2D eigenvalue weighted by Gasteiger charge is -2.13. The Morgan fingerprint density at radius 2 is 0.774 bits per heavy atom. The molecule has 9 nitrogen and oxygen atoms in total. The number of benzene rings is 12. The molecule has 0 unspecified atom stereocenters. The van der Waals surface area contributed by atoms with E-state index in [4.69, 9.17) is 39.3 Å². The van der Waals surface area contributed by atoms with Gasteiger partial charge in [-0.15, -0.1) is 0 Å². The van der Waals surface area contributed by atoms with Gasteiger partial charge in [0.05, 0.1) is 22.4 Å². The second-order valence-electron chi connectivity index (χ2n) is 21.0. The van der Waals surface area contributed by atoms with E-state index < -0.39 is 0 Å². The first-order valence-corrected chi connectivity index (χ1v) is 27.9. The highest BCUT2D eigenvalue weighted by Gasteiger charge is 2.20. The number of para-hydroxylation sites is 3. The van der Waals surface area contributed by atoms with Crippen molar-refractivity contribution in [3.8, 4) is 108 Å². The highest BCUT2D eigenvalue weighted by molar-refractivity contribution is 6.08. The van der Waals surface area contributed by atoms with Crippen molar-refractivity contribution in [3.05, 3.63) is 279 Å². The van der Waals surface area contributed by atoms with Crippen LogP contribution in [0.1, 0.15) is 0 Å². The highest BCUT2D eigenvalue weighted by Crippen LogP contribution is 2.37. The molecule has 16 aromatic rings. The zero-order chi connectivity index (χ0) is 55.5. The molecule has 12 aromatic carbocycles. The van der Waals surface area contributed by atoms with Crippen LogP contribution in [0.2, 0.25) is 0 Å². The highest BCUT2D eigenvalue weighted by atomic mass is 16.3. The Kier molecular flexibility index (Phi) is 11.6. The molecule has 16 rings (SSSR count). The lowest BCUT2D eigenvalue weighted by Crippen LogP contribution is -2.01. The van der Waals surface area contributed by atoms with Gasteiger partial charge in [0, 0.05) is 50.2 Å². The number of hydrogen-bond donors (Lipinski definition) is 0. The topological polar surface area (TPSA) is 108 Å². The molecular weight excluding hydrogens is 1030 g/mol. The van der Waals surface area contributed by atoms with Gasteiger partial charge in [-0.2, -0.15) is 0 Å². The number of fused-ring (bicyclic) bond motifs is 6. The van der Waals surface area contributed by atoms with Crippen LogP contribution in [0.4, 0.5) is 0 Å². The summed E-state index contributed by atoms with van der Waals surface area (Å²) in [5, 5.41) is 7.08. The monoisotopic (exact) mass is 1070 g/mol. The van der Waals surface area contributed by atoms with E-state index in [0.29, 0.717) is 34.8 Å². The van der Waals surface area contributed by atoms with Crippen molar-refractivity contribution in [1.29, 1.82) is 0 Å². The van der Waals surface area contributed by atoms with E-state index in [1.54, 1.807) is 0 Å². The van der Waals surface area contributed by atoms with Crippen LogP contribution < -0.4 is 0 Å². The Morgan fingerprint density at radius 3 is 1.57 bits per heavy atom. The maximum Gasteiger partial charge on any atom is 0.227 e. The molecule has 0 fully saturated rings. The molecule has 0 aliphatic rings. The summed E-state index contributed by atoms with van der Waals surface area (Å²) in [6, 6.07) is 96.2. The first kappa shape index (κ1) is 48.4. The lowest BCUT2D eigenvalue weighted by molar-refractivity contribution is 0.620. The second-order valence-corrected chi connectivity index (χ2v) is 21.0. The predicted molar refractivity (Wildman–Crippen MR) is 339 cm³/mol. The molecule has 0 saturated heterocycles. The van der Waals surface area contributed by atoms with Gasteiger partial charge in [0.1, 0.15) is 11.3 Å². The fourth-order valence-corrected chi connectivity index (χ4v) is 11.4. The summed E-state index contributed by atoms with van der Waals surface area (Å²) >= 11 is 0. The van der Waals surface area contributed by atoms with Crippen LogP contribution in [0, 0.1) is 0 Å². The molecule has 0 saturated carbocycles. The quantitative estimate of drug-likeness (QED) is 0.125. The van der Waals surface area contributed by atoms with Crippen LogP contribution in [-0.4, -0.2) is 39.5 Å². The summed E-state index contributed by atoms with van der Waals surface area (Å²) < 4.78 is 8.58. The third kappa shape index (κ3) is 8.90. The molecular formula is C75H46N8O. The molecule has 0 amide bonds. The lowest BCUT2D eigenvalue weighted by atomic mass is 9.98. The summed E-state index contributed by atoms with van der Waals surface area (Å²) in [6.07, 6.45) is 0. The second kappa shape index (κ2) is 20.2. The zero-order valence-corrected chi connectivity index (χ0v) is 45.0. The van der Waals surface area contributed by atoms with Gasteiger partial charge in [-0.25, -0.2) is 34.9 Å². The van der Waals surface area contributed by atoms with Crippen LogP contribution in [0.3, 0.4) is 0 Å². The standard InChI is InChI=1S/C75H46N8O/c1-3-17-51(18-4-1)75-79-65-40-38-60(45-69(65)84-75)73-81-70(49-31-33-50(34-32-49)74-78-64-27-11-12-28-68(64)83(74)61-24-5-2-6-25-61)80-72(82-73)58-23-14-21-54(43-58)53-20-13-22-56(42-53)66-46-67(57-36-29-47-15-7-8-19-52(47)41-57)77-71(76-66)59-37-39-63-55(44-59)35-30-48-16-9-10-26-62(48)63/h1-46H. The van der Waals surface area contributed by atoms with Gasteiger partial charge in [-0.1, -0.05) is 194 Å². The minimum Gasteiger partial charge on any atom is -0.436 e. The average molecular weight is 1080 g/mol. The number of aromatic nitrogens is 8. The van der Waals surface area contributed by atoms with Crippen LogP contribution in [0.15, 0.2) is 283 Å². The molecule has 4 aromatic heterocycles. The van der Waals surface area contributed by atoms with Gasteiger partial charge in [0.25, 0.3) is 0 Å². The normalized spacial score (nSPS) is 11.6. The molecule has 84 heavy (non-hydrogen) atoms. The molecule has 392 valence electrons. The minimum absolute atomic E-state index is 0.499. The molecule has 0 bridgehead atoms. The van der Waals surface area contributed by atoms with Crippen molar-refractivity contribution in [1.82, 2.24) is 39.5 Å². The van der Waals surface area contributed by atoms with Crippen molar-refractivity contribution in [3.63, 3.8) is 0 Å². The van der Waals surface area contributed by atoms with Crippen molar-refractivity contribution >= 4 is 54.5 Å². The number of oxazole rings is 1. The molecule has 9 heteroatoms. The van der Waals surface area contributed by atoms with E-state index >= 15 is 0 Å². The van der Waals surface area contributed by atoms with Gasteiger partial charge in [0.2, 0.25) is 5.89 Å². The summed E-state index contributed by atoms with van der Waals surface area (Å²) in [5.74, 6) is 3.58. The fourth-order valence-electron chi connectivity index (χ4n) is 11.4. The largest absolute Gasteiger partial charge is 0.436 e. The van der Waals surface area contributed by atoms with Crippen molar-refractivity contribution in [2.45, 2.75) is 0 Å². The Bertz CT molecular complexity index is 5210. The molecule has 0 spiro atoms. The number of imidazole rings is 1. The Morgan fingerprint density at radius 1 is 0.262 bits per heavy atom. The van der Waals surface area contributed by atoms with Gasteiger partial charge < -0.3 is 4.42 Å². The van der Waals surface area contributed by atoms with E-state index in [0.717, 1.165) is 106 Å². The Balaban J connectivity index is 0.793. The number of rotatable bonds is 10. The van der Waals surface area contributed by atoms with Gasteiger partial charge in [-0.3, -0.25) is 4.57 Å². The van der Waals surface area contributed by atoms with Gasteiger partial charge in [-0.05, 0) is 128 Å². The fraction of sp³-hybridized carbons (Fsp3) is 0. The molecule has 0 radical (unpaired) electrons. The van der Waals surface area contributed by atoms with Gasteiger partial charge in [0.15, 0.2) is 28.9 Å². The Labute approximate surface area is 482 Å². The van der Waals surface area contributed by atoms with Gasteiger partial charge >= 0.3 is 0 Å². The number of nitrogens with zero attached hydrogens (tertiary/aromatic N) is 8. The maximum absolute atomic E-state index is 6.37. The summed E-state index contributed by atoms with van der Waals surface area (Å²) in [4.78, 5) is 36.2. The predicted octanol–water partition coefficient (Wildman–Crippen LogP) is 18.6. The van der Waals surface area contributed by atoms with Crippen molar-refractivity contribution in [2.24, 2.45) is 0 Å². The van der Waals surface area contributed by atoms with Crippen molar-refractivity contribution < 1.29 is 4.42 Å². The van der Waals surface area contributed by atoms with Crippen LogP contribution in [0.5, 0.6) is 0 Å². The van der Waals surface area contributed by atoms with Crippen LogP contribution in [-0.2, 0) is 0 Å². The third-order valence-corrected chi connectivity index (χ3v) is 15.7. The summed E-state index contributed by atoms with van der Waals surface area (Å²) in [6.45, 7) is 0. The molecule has 0 atom stereocenters. The summed E-state index contributed by atoms with van der Waals surface area (Å²) in [5.41, 5.74) is 15.2. The van der Waals surface area contributed by atoms with Crippen LogP contribution in [0.25, 0.3) is 162 Å². The van der Waals surface area contributed by atoms with E-state index in [-0.39, 0.29) is 0 Å². The average Bonchev–Trinajstić information content (AvgIpc) is 4.35. The molecule has 0 aliphatic carbocycles. The smallest absolute Gasteiger partial charge is 0.227 e. The Hall–Kier alpha value is -11.6. The third-order valence-electron chi connectivity index (χ3n) is 15.7. The van der Waals surface area contributed by atoms with E-state index in [2.05, 4.69) is 205 Å². The number of hydrogen-bond acceptors (Lipinski definition) is 8. The van der Waals surface area contributed by atoms with E-state index in [9.17, 15) is 0 Å². The van der Waals surface area contributed by atoms with E-state index in [1.165, 1.54) is 21.5 Å². The first-order valence-electron chi connectivity index (χ1n) is 27.9. The van der Waals surface area contributed by atoms with E-state index in [1.807, 2.05) is 78.9 Å². The van der Waals surface area contributed by atoms with Crippen molar-refractivity contribution in [2.75, 3.05) is 0 Å². The summed E-state index contributed by atoms with van der Waals surface area (Å²) in [7, 11) is 0. The SMILES string of the molecule is c1ccc(-c2nc3ccc(-c4nc(-c5ccc(-c6nc7ccccc7n6-c6ccccc6)cc5)nc(-c5cccc(-c6cccc(-c7cc(-c8ccc9ccccc9c8)nc(-c8ccc9c(ccc%10ccccc%109)c8)n7)c6)c5)n4)cc3o2)cc1. The maximum atomic E-state index is 6.37.